The van der Waals surface area contributed by atoms with Gasteiger partial charge in [0.1, 0.15) is 0 Å². The molecule has 4 rings (SSSR count). The number of nitrogens with zero attached hydrogens (tertiary/aromatic N) is 3. The van der Waals surface area contributed by atoms with E-state index in [1.807, 2.05) is 19.9 Å². The smallest absolute Gasteiger partial charge is 0.277 e. The highest BCUT2D eigenvalue weighted by Crippen LogP contribution is 2.42. The number of sulfone groups is 1. The van der Waals surface area contributed by atoms with E-state index in [-0.39, 0.29) is 23.5 Å². The van der Waals surface area contributed by atoms with Crippen LogP contribution in [0.15, 0.2) is 6.07 Å². The average molecular weight is 380 g/mol. The van der Waals surface area contributed by atoms with Crippen LogP contribution >= 0.6 is 11.3 Å². The highest BCUT2D eigenvalue weighted by molar-refractivity contribution is 7.91. The lowest BCUT2D eigenvalue weighted by Crippen LogP contribution is -2.17. The predicted molar refractivity (Wildman–Crippen MR) is 96.1 cm³/mol. The van der Waals surface area contributed by atoms with Gasteiger partial charge in [-0.1, -0.05) is 0 Å². The molecule has 9 heteroatoms. The molecule has 0 aromatic carbocycles. The molecule has 1 saturated heterocycles. The highest BCUT2D eigenvalue weighted by Gasteiger charge is 2.36. The Morgan fingerprint density at radius 3 is 2.64 bits per heavy atom. The zero-order valence-electron chi connectivity index (χ0n) is 14.2. The van der Waals surface area contributed by atoms with Crippen molar-refractivity contribution >= 4 is 32.2 Å². The molecule has 1 aliphatic carbocycles. The minimum Gasteiger partial charge on any atom is -0.296 e. The Balaban J connectivity index is 1.60. The van der Waals surface area contributed by atoms with Crippen LogP contribution in [0, 0.1) is 13.8 Å². The number of hydrogen-bond acceptors (Lipinski definition) is 6. The molecule has 1 atom stereocenters. The summed E-state index contributed by atoms with van der Waals surface area (Å²) < 4.78 is 25.4. The van der Waals surface area contributed by atoms with E-state index in [2.05, 4.69) is 15.4 Å². The maximum Gasteiger partial charge on any atom is 0.277 e. The molecular weight excluding hydrogens is 360 g/mol. The van der Waals surface area contributed by atoms with Crippen molar-refractivity contribution in [2.24, 2.45) is 0 Å². The lowest BCUT2D eigenvalue weighted by molar-refractivity contribution is 0.102. The predicted octanol–water partition coefficient (Wildman–Crippen LogP) is 2.45. The summed E-state index contributed by atoms with van der Waals surface area (Å²) in [4.78, 5) is 17.9. The summed E-state index contributed by atoms with van der Waals surface area (Å²) in [5.41, 5.74) is 2.22. The lowest BCUT2D eigenvalue weighted by atomic mass is 10.2. The van der Waals surface area contributed by atoms with Crippen LogP contribution in [0.4, 0.5) is 5.13 Å². The van der Waals surface area contributed by atoms with Crippen LogP contribution in [-0.2, 0) is 9.84 Å². The van der Waals surface area contributed by atoms with Crippen molar-refractivity contribution in [3.05, 3.63) is 28.0 Å². The Kier molecular flexibility index (Phi) is 3.95. The molecule has 25 heavy (non-hydrogen) atoms. The maximum absolute atomic E-state index is 12.5. The summed E-state index contributed by atoms with van der Waals surface area (Å²) in [5, 5.41) is 7.82. The lowest BCUT2D eigenvalue weighted by Gasteiger charge is -2.12. The number of hydrogen-bond donors (Lipinski definition) is 1. The third-order valence-corrected chi connectivity index (χ3v) is 7.53. The zero-order chi connectivity index (χ0) is 17.8. The van der Waals surface area contributed by atoms with Crippen molar-refractivity contribution in [2.45, 2.75) is 45.1 Å². The summed E-state index contributed by atoms with van der Waals surface area (Å²) in [5.74, 6) is 0.401. The first kappa shape index (κ1) is 16.7. The molecule has 1 amide bonds. The van der Waals surface area contributed by atoms with Gasteiger partial charge in [-0.2, -0.15) is 5.10 Å². The van der Waals surface area contributed by atoms with Gasteiger partial charge in [-0.25, -0.2) is 13.4 Å². The third-order valence-electron chi connectivity index (χ3n) is 4.80. The number of rotatable bonds is 4. The van der Waals surface area contributed by atoms with Gasteiger partial charge in [-0.05, 0) is 39.2 Å². The van der Waals surface area contributed by atoms with Gasteiger partial charge in [0.25, 0.3) is 5.91 Å². The van der Waals surface area contributed by atoms with E-state index in [1.54, 1.807) is 4.68 Å². The van der Waals surface area contributed by atoms with Crippen LogP contribution in [0.2, 0.25) is 0 Å². The first-order chi connectivity index (χ1) is 11.8. The molecule has 2 aromatic rings. The number of nitrogens with one attached hydrogen (secondary N) is 1. The van der Waals surface area contributed by atoms with E-state index in [0.29, 0.717) is 23.2 Å². The van der Waals surface area contributed by atoms with E-state index in [9.17, 15) is 13.2 Å². The fraction of sp³-hybridized carbons (Fsp3) is 0.562. The Morgan fingerprint density at radius 1 is 1.32 bits per heavy atom. The molecule has 0 spiro atoms. The number of carbonyl (C=O) groups excluding carboxylic acids is 1. The molecule has 0 radical (unpaired) electrons. The minimum absolute atomic E-state index is 0.111. The molecule has 2 aromatic heterocycles. The number of aryl methyl sites for hydroxylation is 2. The van der Waals surface area contributed by atoms with Crippen LogP contribution in [0.5, 0.6) is 0 Å². The van der Waals surface area contributed by atoms with Crippen molar-refractivity contribution in [2.75, 3.05) is 16.8 Å². The van der Waals surface area contributed by atoms with Crippen molar-refractivity contribution in [1.29, 1.82) is 0 Å². The van der Waals surface area contributed by atoms with Crippen molar-refractivity contribution in [1.82, 2.24) is 14.8 Å². The number of carbonyl (C=O) groups is 1. The largest absolute Gasteiger partial charge is 0.296 e. The zero-order valence-corrected chi connectivity index (χ0v) is 15.8. The van der Waals surface area contributed by atoms with E-state index >= 15 is 0 Å². The standard InChI is InChI=1S/C16H20N4O3S2/c1-9-10(2)24-16(17-9)18-15(21)13-7-14(11-3-4-11)20(19-13)12-5-6-25(22,23)8-12/h7,11-12H,3-6,8H2,1-2H3,(H,17,18,21)/t12-/m0/s1. The molecule has 7 nitrogen and oxygen atoms in total. The molecule has 1 N–H and O–H groups in total. The Hall–Kier alpha value is -1.74. The monoisotopic (exact) mass is 380 g/mol. The van der Waals surface area contributed by atoms with Gasteiger partial charge >= 0.3 is 0 Å². The second-order valence-electron chi connectivity index (χ2n) is 6.84. The van der Waals surface area contributed by atoms with Gasteiger partial charge in [0.15, 0.2) is 20.7 Å². The van der Waals surface area contributed by atoms with Gasteiger partial charge in [0.05, 0.1) is 23.2 Å². The van der Waals surface area contributed by atoms with Crippen LogP contribution in [-0.4, -0.2) is 40.6 Å². The molecule has 1 saturated carbocycles. The molecule has 1 aliphatic heterocycles. The summed E-state index contributed by atoms with van der Waals surface area (Å²) >= 11 is 1.44. The number of aromatic nitrogens is 3. The first-order valence-corrected chi connectivity index (χ1v) is 11.0. The molecular formula is C16H20N4O3S2. The second-order valence-corrected chi connectivity index (χ2v) is 10.3. The third kappa shape index (κ3) is 3.35. The van der Waals surface area contributed by atoms with Crippen LogP contribution in [0.3, 0.4) is 0 Å². The van der Waals surface area contributed by atoms with E-state index in [4.69, 9.17) is 0 Å². The Morgan fingerprint density at radius 2 is 2.08 bits per heavy atom. The fourth-order valence-electron chi connectivity index (χ4n) is 3.15. The van der Waals surface area contributed by atoms with Crippen LogP contribution in [0.25, 0.3) is 0 Å². The summed E-state index contributed by atoms with van der Waals surface area (Å²) in [7, 11) is -3.00. The maximum atomic E-state index is 12.5. The number of anilines is 1. The number of thiazole rings is 1. The fourth-order valence-corrected chi connectivity index (χ4v) is 5.65. The summed E-state index contributed by atoms with van der Waals surface area (Å²) in [6.07, 6.45) is 2.70. The minimum atomic E-state index is -3.00. The van der Waals surface area contributed by atoms with Crippen molar-refractivity contribution in [3.8, 4) is 0 Å². The normalized spacial score (nSPS) is 22.2. The SMILES string of the molecule is Cc1nc(NC(=O)c2cc(C3CC3)n([C@H]3CCS(=O)(=O)C3)n2)sc1C. The molecule has 2 aliphatic rings. The second kappa shape index (κ2) is 5.91. The van der Waals surface area contributed by atoms with E-state index in [1.165, 1.54) is 11.3 Å². The van der Waals surface area contributed by atoms with Gasteiger partial charge in [0, 0.05) is 16.5 Å². The highest BCUT2D eigenvalue weighted by atomic mass is 32.2. The van der Waals surface area contributed by atoms with Gasteiger partial charge in [0.2, 0.25) is 0 Å². The van der Waals surface area contributed by atoms with Gasteiger partial charge in [-0.3, -0.25) is 14.8 Å². The van der Waals surface area contributed by atoms with Gasteiger partial charge < -0.3 is 0 Å². The van der Waals surface area contributed by atoms with Gasteiger partial charge in [-0.15, -0.1) is 11.3 Å². The topological polar surface area (TPSA) is 94.0 Å². The van der Waals surface area contributed by atoms with Crippen LogP contribution < -0.4 is 5.32 Å². The number of amides is 1. The van der Waals surface area contributed by atoms with E-state index in [0.717, 1.165) is 29.1 Å². The summed E-state index contributed by atoms with van der Waals surface area (Å²) in [6, 6.07) is 1.65. The molecule has 134 valence electrons. The van der Waals surface area contributed by atoms with Crippen molar-refractivity contribution < 1.29 is 13.2 Å². The van der Waals surface area contributed by atoms with Crippen molar-refractivity contribution in [3.63, 3.8) is 0 Å². The van der Waals surface area contributed by atoms with E-state index < -0.39 is 9.84 Å². The first-order valence-electron chi connectivity index (χ1n) is 8.37. The summed E-state index contributed by atoms with van der Waals surface area (Å²) in [6.45, 7) is 3.87. The molecule has 0 bridgehead atoms. The molecule has 2 fully saturated rings. The molecule has 3 heterocycles. The van der Waals surface area contributed by atoms with Crippen LogP contribution in [0.1, 0.15) is 58.0 Å². The molecule has 0 unspecified atom stereocenters. The quantitative estimate of drug-likeness (QED) is 0.879. The Bertz CT molecular complexity index is 921. The Labute approximate surface area is 150 Å². The average Bonchev–Trinajstić information content (AvgIpc) is 3.06.